The van der Waals surface area contributed by atoms with E-state index in [2.05, 4.69) is 26.3 Å². The summed E-state index contributed by atoms with van der Waals surface area (Å²) < 4.78 is 2.15. The maximum atomic E-state index is 11.8. The van der Waals surface area contributed by atoms with Gasteiger partial charge in [0.05, 0.1) is 31.6 Å². The number of thiophene rings is 1. The van der Waals surface area contributed by atoms with Crippen LogP contribution >= 0.6 is 38.9 Å². The molecule has 0 bridgehead atoms. The fraction of sp³-hybridized carbons (Fsp3) is 0.273. The van der Waals surface area contributed by atoms with E-state index in [1.807, 2.05) is 11.4 Å². The van der Waals surface area contributed by atoms with Crippen molar-refractivity contribution in [1.29, 1.82) is 0 Å². The zero-order chi connectivity index (χ0) is 13.8. The van der Waals surface area contributed by atoms with E-state index in [-0.39, 0.29) is 18.2 Å². The number of aliphatic hydroxyl groups is 1. The van der Waals surface area contributed by atoms with E-state index in [0.29, 0.717) is 12.2 Å². The van der Waals surface area contributed by atoms with Gasteiger partial charge in [0, 0.05) is 9.35 Å². The molecule has 102 valence electrons. The van der Waals surface area contributed by atoms with Crippen molar-refractivity contribution in [3.8, 4) is 0 Å². The topological polar surface area (TPSA) is 67.2 Å². The van der Waals surface area contributed by atoms with Crippen LogP contribution in [0.2, 0.25) is 5.02 Å². The molecule has 8 heteroatoms. The second-order valence-corrected chi connectivity index (χ2v) is 5.90. The van der Waals surface area contributed by atoms with Crippen LogP contribution in [-0.4, -0.2) is 21.5 Å². The van der Waals surface area contributed by atoms with Gasteiger partial charge in [-0.3, -0.25) is 4.79 Å². The Bertz CT molecular complexity index is 629. The summed E-state index contributed by atoms with van der Waals surface area (Å²) in [6, 6.07) is 1.96. The van der Waals surface area contributed by atoms with Crippen LogP contribution in [0.1, 0.15) is 4.88 Å². The highest BCUT2D eigenvalue weighted by molar-refractivity contribution is 9.10. The highest BCUT2D eigenvalue weighted by Crippen LogP contribution is 2.24. The second kappa shape index (κ2) is 6.51. The summed E-state index contributed by atoms with van der Waals surface area (Å²) in [5.41, 5.74) is 0.0760. The first-order valence-corrected chi connectivity index (χ1v) is 7.50. The lowest BCUT2D eigenvalue weighted by atomic mass is 10.4. The fourth-order valence-corrected chi connectivity index (χ4v) is 3.11. The molecule has 19 heavy (non-hydrogen) atoms. The van der Waals surface area contributed by atoms with E-state index in [1.54, 1.807) is 11.3 Å². The van der Waals surface area contributed by atoms with E-state index in [1.165, 1.54) is 6.20 Å². The molecule has 0 aromatic carbocycles. The quantitative estimate of drug-likeness (QED) is 0.854. The number of aromatic nitrogens is 2. The smallest absolute Gasteiger partial charge is 0.287 e. The number of nitrogens with one attached hydrogen (secondary N) is 1. The third kappa shape index (κ3) is 3.36. The van der Waals surface area contributed by atoms with Gasteiger partial charge in [-0.25, -0.2) is 4.68 Å². The fourth-order valence-electron chi connectivity index (χ4n) is 1.47. The van der Waals surface area contributed by atoms with Gasteiger partial charge in [0.1, 0.15) is 5.02 Å². The number of aliphatic hydroxyl groups excluding tert-OH is 1. The molecule has 2 aromatic rings. The molecule has 0 unspecified atom stereocenters. The van der Waals surface area contributed by atoms with Gasteiger partial charge in [0.15, 0.2) is 0 Å². The minimum atomic E-state index is -0.411. The predicted molar refractivity (Wildman–Crippen MR) is 79.9 cm³/mol. The van der Waals surface area contributed by atoms with Crippen LogP contribution in [0.25, 0.3) is 0 Å². The molecule has 2 heterocycles. The summed E-state index contributed by atoms with van der Waals surface area (Å²) in [7, 11) is 0. The van der Waals surface area contributed by atoms with Crippen molar-refractivity contribution in [2.45, 2.75) is 13.1 Å². The van der Waals surface area contributed by atoms with Gasteiger partial charge in [-0.15, -0.1) is 11.3 Å². The molecule has 0 aliphatic heterocycles. The zero-order valence-corrected chi connectivity index (χ0v) is 12.9. The van der Waals surface area contributed by atoms with Crippen molar-refractivity contribution in [2.24, 2.45) is 0 Å². The first-order chi connectivity index (χ1) is 9.13. The molecule has 0 atom stereocenters. The minimum absolute atomic E-state index is 0.0797. The predicted octanol–water partition coefficient (Wildman–Crippen LogP) is 2.33. The van der Waals surface area contributed by atoms with Crippen molar-refractivity contribution >= 4 is 44.6 Å². The van der Waals surface area contributed by atoms with Crippen LogP contribution in [0.3, 0.4) is 0 Å². The molecular formula is C11H11BrClN3O2S. The summed E-state index contributed by atoms with van der Waals surface area (Å²) >= 11 is 11.0. The number of hydrogen-bond donors (Lipinski definition) is 2. The Morgan fingerprint density at radius 1 is 1.58 bits per heavy atom. The van der Waals surface area contributed by atoms with E-state index in [4.69, 9.17) is 16.7 Å². The molecule has 0 spiro atoms. The lowest BCUT2D eigenvalue weighted by molar-refractivity contribution is 0.266. The lowest BCUT2D eigenvalue weighted by Crippen LogP contribution is -2.25. The van der Waals surface area contributed by atoms with Gasteiger partial charge in [-0.1, -0.05) is 11.6 Å². The van der Waals surface area contributed by atoms with Gasteiger partial charge >= 0.3 is 0 Å². The summed E-state index contributed by atoms with van der Waals surface area (Å²) in [5.74, 6) is 0. The van der Waals surface area contributed by atoms with Crippen molar-refractivity contribution in [2.75, 3.05) is 11.9 Å². The Kier molecular flexibility index (Phi) is 4.98. The van der Waals surface area contributed by atoms with Crippen LogP contribution < -0.4 is 10.9 Å². The maximum absolute atomic E-state index is 11.8. The molecule has 5 nitrogen and oxygen atoms in total. The normalized spacial score (nSPS) is 10.7. The first-order valence-electron chi connectivity index (χ1n) is 5.45. The van der Waals surface area contributed by atoms with E-state index in [9.17, 15) is 4.79 Å². The molecule has 0 saturated heterocycles. The zero-order valence-electron chi connectivity index (χ0n) is 9.77. The molecule has 2 N–H and O–H groups in total. The average molecular weight is 365 g/mol. The number of rotatable bonds is 5. The van der Waals surface area contributed by atoms with Crippen molar-refractivity contribution in [1.82, 2.24) is 9.78 Å². The van der Waals surface area contributed by atoms with Gasteiger partial charge < -0.3 is 10.4 Å². The van der Waals surface area contributed by atoms with Crippen LogP contribution in [-0.2, 0) is 13.1 Å². The first kappa shape index (κ1) is 14.5. The highest BCUT2D eigenvalue weighted by atomic mass is 79.9. The van der Waals surface area contributed by atoms with Crippen LogP contribution in [0, 0.1) is 0 Å². The number of hydrogen-bond acceptors (Lipinski definition) is 5. The monoisotopic (exact) mass is 363 g/mol. The van der Waals surface area contributed by atoms with E-state index >= 15 is 0 Å². The van der Waals surface area contributed by atoms with Crippen LogP contribution in [0.15, 0.2) is 26.9 Å². The summed E-state index contributed by atoms with van der Waals surface area (Å²) in [6.07, 6.45) is 1.49. The molecular weight excluding hydrogens is 354 g/mol. The summed E-state index contributed by atoms with van der Waals surface area (Å²) in [5, 5.41) is 17.9. The molecule has 0 saturated carbocycles. The Morgan fingerprint density at radius 3 is 3.00 bits per heavy atom. The number of anilines is 1. The molecule has 0 radical (unpaired) electrons. The molecule has 0 fully saturated rings. The maximum Gasteiger partial charge on any atom is 0.287 e. The Balaban J connectivity index is 2.16. The molecule has 0 aliphatic carbocycles. The summed E-state index contributed by atoms with van der Waals surface area (Å²) in [4.78, 5) is 12.9. The Morgan fingerprint density at radius 2 is 2.37 bits per heavy atom. The van der Waals surface area contributed by atoms with Crippen molar-refractivity contribution in [3.05, 3.63) is 42.4 Å². The third-order valence-electron chi connectivity index (χ3n) is 2.43. The van der Waals surface area contributed by atoms with Gasteiger partial charge in [0.2, 0.25) is 0 Å². The van der Waals surface area contributed by atoms with E-state index < -0.39 is 5.56 Å². The Hall–Kier alpha value is -0.890. The lowest BCUT2D eigenvalue weighted by Gasteiger charge is -2.09. The standard InChI is InChI=1S/C11H11BrClN3O2S/c12-7-1-4-19-9(7)6-14-8-5-15-16(2-3-17)11(18)10(8)13/h1,4-5,14,17H,2-3,6H2. The van der Waals surface area contributed by atoms with Crippen molar-refractivity contribution in [3.63, 3.8) is 0 Å². The van der Waals surface area contributed by atoms with Gasteiger partial charge in [-0.05, 0) is 27.4 Å². The minimum Gasteiger partial charge on any atom is -0.394 e. The number of nitrogens with zero attached hydrogens (tertiary/aromatic N) is 2. The largest absolute Gasteiger partial charge is 0.394 e. The average Bonchev–Trinajstić information content (AvgIpc) is 2.80. The molecule has 2 aromatic heterocycles. The second-order valence-electron chi connectivity index (χ2n) is 3.67. The van der Waals surface area contributed by atoms with Gasteiger partial charge in [-0.2, -0.15) is 5.10 Å². The molecule has 0 amide bonds. The van der Waals surface area contributed by atoms with E-state index in [0.717, 1.165) is 14.0 Å². The number of halogens is 2. The third-order valence-corrected chi connectivity index (χ3v) is 4.72. The van der Waals surface area contributed by atoms with Crippen LogP contribution in [0.4, 0.5) is 5.69 Å². The molecule has 0 aliphatic rings. The van der Waals surface area contributed by atoms with Crippen molar-refractivity contribution < 1.29 is 5.11 Å². The molecule has 2 rings (SSSR count). The Labute approximate surface area is 127 Å². The summed E-state index contributed by atoms with van der Waals surface area (Å²) in [6.45, 7) is 0.538. The van der Waals surface area contributed by atoms with Gasteiger partial charge in [0.25, 0.3) is 5.56 Å². The van der Waals surface area contributed by atoms with Crippen LogP contribution in [0.5, 0.6) is 0 Å². The highest BCUT2D eigenvalue weighted by Gasteiger charge is 2.09. The SMILES string of the molecule is O=c1c(Cl)c(NCc2sccc2Br)cnn1CCO.